The molecule has 2 nitrogen and oxygen atoms in total. The van der Waals surface area contributed by atoms with Gasteiger partial charge in [-0.3, -0.25) is 4.90 Å². The van der Waals surface area contributed by atoms with E-state index >= 15 is 0 Å². The highest BCUT2D eigenvalue weighted by Crippen LogP contribution is 2.21. The molecule has 1 aromatic carbocycles. The van der Waals surface area contributed by atoms with E-state index in [1.807, 2.05) is 12.1 Å². The number of benzene rings is 1. The number of halogens is 1. The van der Waals surface area contributed by atoms with Gasteiger partial charge in [-0.1, -0.05) is 30.7 Å². The second-order valence-corrected chi connectivity index (χ2v) is 5.29. The Morgan fingerprint density at radius 2 is 1.82 bits per heavy atom. The van der Waals surface area contributed by atoms with E-state index in [1.54, 1.807) is 0 Å². The topological polar surface area (TPSA) is 29.3 Å². The summed E-state index contributed by atoms with van der Waals surface area (Å²) in [4.78, 5) is 2.36. The number of nitrogens with two attached hydrogens (primary N) is 1. The van der Waals surface area contributed by atoms with Gasteiger partial charge in [-0.25, -0.2) is 0 Å². The quantitative estimate of drug-likeness (QED) is 0.844. The molecule has 0 radical (unpaired) electrons. The van der Waals surface area contributed by atoms with Gasteiger partial charge in [-0.15, -0.1) is 0 Å². The molecule has 0 fully saturated rings. The van der Waals surface area contributed by atoms with Crippen LogP contribution in [-0.4, -0.2) is 25.0 Å². The van der Waals surface area contributed by atoms with Gasteiger partial charge in [0.05, 0.1) is 0 Å². The van der Waals surface area contributed by atoms with Gasteiger partial charge in [0.1, 0.15) is 0 Å². The lowest BCUT2D eigenvalue weighted by molar-refractivity contribution is 0.222. The van der Waals surface area contributed by atoms with Gasteiger partial charge in [0.15, 0.2) is 0 Å². The van der Waals surface area contributed by atoms with Crippen LogP contribution in [0.5, 0.6) is 0 Å². The predicted octanol–water partition coefficient (Wildman–Crippen LogP) is 3.32. The summed E-state index contributed by atoms with van der Waals surface area (Å²) in [5.74, 6) is 0.639. The van der Waals surface area contributed by atoms with Crippen LogP contribution in [0.1, 0.15) is 31.9 Å². The Balaban J connectivity index is 2.56. The molecular formula is C14H23ClN2. The fourth-order valence-electron chi connectivity index (χ4n) is 2.02. The summed E-state index contributed by atoms with van der Waals surface area (Å²) in [7, 11) is 2.16. The second-order valence-electron chi connectivity index (χ2n) is 4.85. The highest BCUT2D eigenvalue weighted by Gasteiger charge is 2.13. The van der Waals surface area contributed by atoms with Gasteiger partial charge in [0, 0.05) is 17.6 Å². The van der Waals surface area contributed by atoms with Crippen molar-refractivity contribution < 1.29 is 0 Å². The third-order valence-electron chi connectivity index (χ3n) is 3.27. The van der Waals surface area contributed by atoms with Crippen molar-refractivity contribution >= 4 is 11.6 Å². The summed E-state index contributed by atoms with van der Waals surface area (Å²) in [6.45, 7) is 6.31. The third kappa shape index (κ3) is 4.66. The molecule has 0 heterocycles. The maximum Gasteiger partial charge on any atom is 0.0406 e. The normalized spacial score (nSPS) is 14.9. The van der Waals surface area contributed by atoms with Crippen LogP contribution in [0.15, 0.2) is 24.3 Å². The van der Waals surface area contributed by atoms with Gasteiger partial charge < -0.3 is 5.73 Å². The Morgan fingerprint density at radius 3 is 2.35 bits per heavy atom. The van der Waals surface area contributed by atoms with Gasteiger partial charge in [-0.05, 0) is 50.6 Å². The SMILES string of the molecule is CC(CCN)CN(C)C(C)c1ccc(Cl)cc1. The summed E-state index contributed by atoms with van der Waals surface area (Å²) in [6, 6.07) is 8.50. The Kier molecular flexibility index (Phi) is 5.96. The monoisotopic (exact) mass is 254 g/mol. The van der Waals surface area contributed by atoms with Crippen molar-refractivity contribution in [3.05, 3.63) is 34.9 Å². The van der Waals surface area contributed by atoms with E-state index in [4.69, 9.17) is 17.3 Å². The van der Waals surface area contributed by atoms with Crippen LogP contribution in [-0.2, 0) is 0 Å². The van der Waals surface area contributed by atoms with Crippen LogP contribution in [0.3, 0.4) is 0 Å². The van der Waals surface area contributed by atoms with Crippen LogP contribution in [0.2, 0.25) is 5.02 Å². The second kappa shape index (κ2) is 7.00. The first-order valence-electron chi connectivity index (χ1n) is 6.20. The van der Waals surface area contributed by atoms with Crippen LogP contribution in [0.25, 0.3) is 0 Å². The van der Waals surface area contributed by atoms with Gasteiger partial charge >= 0.3 is 0 Å². The molecule has 3 heteroatoms. The Labute approximate surface area is 110 Å². The standard InChI is InChI=1S/C14H23ClN2/c1-11(8-9-16)10-17(3)12(2)13-4-6-14(15)7-5-13/h4-7,11-12H,8-10,16H2,1-3H3. The molecule has 2 unspecified atom stereocenters. The Morgan fingerprint density at radius 1 is 1.24 bits per heavy atom. The van der Waals surface area contributed by atoms with Crippen molar-refractivity contribution in [2.24, 2.45) is 11.7 Å². The zero-order chi connectivity index (χ0) is 12.8. The van der Waals surface area contributed by atoms with Crippen molar-refractivity contribution in [1.82, 2.24) is 4.90 Å². The predicted molar refractivity (Wildman–Crippen MR) is 75.3 cm³/mol. The first-order chi connectivity index (χ1) is 8.04. The first-order valence-corrected chi connectivity index (χ1v) is 6.58. The summed E-state index contributed by atoms with van der Waals surface area (Å²) in [5, 5.41) is 0.792. The van der Waals surface area contributed by atoms with E-state index < -0.39 is 0 Å². The molecule has 0 aromatic heterocycles. The molecule has 0 saturated carbocycles. The van der Waals surface area contributed by atoms with E-state index in [2.05, 4.69) is 37.9 Å². The molecule has 17 heavy (non-hydrogen) atoms. The molecule has 0 aliphatic rings. The molecule has 0 bridgehead atoms. The van der Waals surface area contributed by atoms with E-state index in [1.165, 1.54) is 5.56 Å². The minimum atomic E-state index is 0.410. The van der Waals surface area contributed by atoms with E-state index in [0.717, 1.165) is 24.5 Å². The average Bonchev–Trinajstić information content (AvgIpc) is 2.29. The highest BCUT2D eigenvalue weighted by atomic mass is 35.5. The maximum atomic E-state index is 5.89. The van der Waals surface area contributed by atoms with E-state index in [-0.39, 0.29) is 0 Å². The Bertz CT molecular complexity index is 323. The van der Waals surface area contributed by atoms with Crippen LogP contribution in [0.4, 0.5) is 0 Å². The van der Waals surface area contributed by atoms with Crippen LogP contribution >= 0.6 is 11.6 Å². The van der Waals surface area contributed by atoms with Gasteiger partial charge in [0.2, 0.25) is 0 Å². The van der Waals surface area contributed by atoms with Crippen LogP contribution in [0, 0.1) is 5.92 Å². The van der Waals surface area contributed by atoms with Gasteiger partial charge in [-0.2, -0.15) is 0 Å². The molecule has 0 aliphatic carbocycles. The zero-order valence-corrected chi connectivity index (χ0v) is 11.7. The molecule has 2 atom stereocenters. The fraction of sp³-hybridized carbons (Fsp3) is 0.571. The number of hydrogen-bond donors (Lipinski definition) is 1. The minimum absolute atomic E-state index is 0.410. The molecule has 0 spiro atoms. The lowest BCUT2D eigenvalue weighted by Gasteiger charge is -2.27. The lowest BCUT2D eigenvalue weighted by Crippen LogP contribution is -2.28. The summed E-state index contributed by atoms with van der Waals surface area (Å²) in [6.07, 6.45) is 1.08. The molecule has 0 aliphatic heterocycles. The number of rotatable bonds is 6. The van der Waals surface area contributed by atoms with Crippen LogP contribution < -0.4 is 5.73 Å². The number of nitrogens with zero attached hydrogens (tertiary/aromatic N) is 1. The van der Waals surface area contributed by atoms with E-state index in [0.29, 0.717) is 12.0 Å². The molecule has 0 amide bonds. The summed E-state index contributed by atoms with van der Waals surface area (Å²) >= 11 is 5.89. The van der Waals surface area contributed by atoms with E-state index in [9.17, 15) is 0 Å². The molecule has 1 rings (SSSR count). The van der Waals surface area contributed by atoms with Crippen molar-refractivity contribution in [3.63, 3.8) is 0 Å². The maximum absolute atomic E-state index is 5.89. The molecule has 96 valence electrons. The highest BCUT2D eigenvalue weighted by molar-refractivity contribution is 6.30. The summed E-state index contributed by atoms with van der Waals surface area (Å²) < 4.78 is 0. The third-order valence-corrected chi connectivity index (χ3v) is 3.52. The lowest BCUT2D eigenvalue weighted by atomic mass is 10.0. The Hall–Kier alpha value is -0.570. The fourth-order valence-corrected chi connectivity index (χ4v) is 2.15. The molecule has 2 N–H and O–H groups in total. The molecule has 0 saturated heterocycles. The summed E-state index contributed by atoms with van der Waals surface area (Å²) in [5.41, 5.74) is 6.88. The molecule has 1 aromatic rings. The number of hydrogen-bond acceptors (Lipinski definition) is 2. The molecular weight excluding hydrogens is 232 g/mol. The zero-order valence-electron chi connectivity index (χ0n) is 11.0. The van der Waals surface area contributed by atoms with Crippen molar-refractivity contribution in [3.8, 4) is 0 Å². The minimum Gasteiger partial charge on any atom is -0.330 e. The van der Waals surface area contributed by atoms with Crippen molar-refractivity contribution in [2.45, 2.75) is 26.3 Å². The van der Waals surface area contributed by atoms with Crippen molar-refractivity contribution in [2.75, 3.05) is 20.1 Å². The van der Waals surface area contributed by atoms with Gasteiger partial charge in [0.25, 0.3) is 0 Å². The largest absolute Gasteiger partial charge is 0.330 e. The average molecular weight is 255 g/mol. The first kappa shape index (κ1) is 14.5. The van der Waals surface area contributed by atoms with Crippen molar-refractivity contribution in [1.29, 1.82) is 0 Å². The smallest absolute Gasteiger partial charge is 0.0406 e.